The molecule has 0 aliphatic carbocycles. The zero-order chi connectivity index (χ0) is 16.5. The van der Waals surface area contributed by atoms with E-state index in [1.807, 2.05) is 0 Å². The minimum atomic E-state index is 0. The van der Waals surface area contributed by atoms with Crippen molar-refractivity contribution >= 4 is 29.9 Å². The molecule has 1 aliphatic rings. The van der Waals surface area contributed by atoms with Crippen molar-refractivity contribution in [3.8, 4) is 0 Å². The van der Waals surface area contributed by atoms with Crippen LogP contribution in [0.3, 0.4) is 0 Å². The third-order valence-corrected chi connectivity index (χ3v) is 4.35. The molecule has 0 saturated carbocycles. The van der Waals surface area contributed by atoms with Crippen LogP contribution < -0.4 is 10.6 Å². The van der Waals surface area contributed by atoms with Gasteiger partial charge in [-0.15, -0.1) is 24.0 Å². The van der Waals surface area contributed by atoms with Gasteiger partial charge in [0.25, 0.3) is 0 Å². The van der Waals surface area contributed by atoms with E-state index in [0.29, 0.717) is 6.04 Å². The number of rotatable bonds is 6. The lowest BCUT2D eigenvalue weighted by molar-refractivity contribution is 0.206. The first-order valence-electron chi connectivity index (χ1n) is 9.04. The Kier molecular flexibility index (Phi) is 10.3. The van der Waals surface area contributed by atoms with E-state index in [0.717, 1.165) is 19.0 Å². The molecular formula is C19H33IN4. The van der Waals surface area contributed by atoms with Crippen LogP contribution in [-0.2, 0) is 6.54 Å². The Morgan fingerprint density at radius 2 is 1.83 bits per heavy atom. The molecule has 24 heavy (non-hydrogen) atoms. The van der Waals surface area contributed by atoms with Gasteiger partial charge < -0.3 is 15.5 Å². The summed E-state index contributed by atoms with van der Waals surface area (Å²) in [5.41, 5.74) is 2.55. The zero-order valence-corrected chi connectivity index (χ0v) is 17.7. The average Bonchev–Trinajstić information content (AvgIpc) is 2.56. The van der Waals surface area contributed by atoms with Crippen molar-refractivity contribution in [1.29, 1.82) is 0 Å². The molecule has 0 aromatic heterocycles. The van der Waals surface area contributed by atoms with Gasteiger partial charge in [-0.3, -0.25) is 0 Å². The first kappa shape index (κ1) is 21.2. The zero-order valence-electron chi connectivity index (χ0n) is 15.3. The number of guanidine groups is 1. The number of halogens is 1. The van der Waals surface area contributed by atoms with Gasteiger partial charge in [-0.2, -0.15) is 0 Å². The van der Waals surface area contributed by atoms with Crippen LogP contribution in [0, 0.1) is 6.92 Å². The number of likely N-dealkylation sites (tertiary alicyclic amines) is 1. The Bertz CT molecular complexity index is 479. The molecule has 0 radical (unpaired) electrons. The van der Waals surface area contributed by atoms with Crippen molar-refractivity contribution in [2.24, 2.45) is 4.99 Å². The minimum absolute atomic E-state index is 0. The summed E-state index contributed by atoms with van der Waals surface area (Å²) >= 11 is 0. The van der Waals surface area contributed by atoms with E-state index in [-0.39, 0.29) is 24.0 Å². The van der Waals surface area contributed by atoms with Crippen LogP contribution in [0.1, 0.15) is 44.2 Å². The summed E-state index contributed by atoms with van der Waals surface area (Å²) in [7, 11) is 0. The highest BCUT2D eigenvalue weighted by Gasteiger charge is 2.19. The van der Waals surface area contributed by atoms with Crippen molar-refractivity contribution in [3.05, 3.63) is 35.4 Å². The molecular weight excluding hydrogens is 411 g/mol. The number of piperidine rings is 1. The summed E-state index contributed by atoms with van der Waals surface area (Å²) in [5, 5.41) is 6.99. The Morgan fingerprint density at radius 1 is 1.17 bits per heavy atom. The monoisotopic (exact) mass is 444 g/mol. The van der Waals surface area contributed by atoms with Crippen LogP contribution in [0.25, 0.3) is 0 Å². The smallest absolute Gasteiger partial charge is 0.191 e. The van der Waals surface area contributed by atoms with Crippen LogP contribution in [-0.4, -0.2) is 43.1 Å². The second kappa shape index (κ2) is 11.7. The highest BCUT2D eigenvalue weighted by atomic mass is 127. The Morgan fingerprint density at radius 3 is 2.42 bits per heavy atom. The fourth-order valence-corrected chi connectivity index (χ4v) is 2.99. The minimum Gasteiger partial charge on any atom is -0.357 e. The normalized spacial score (nSPS) is 16.5. The first-order valence-corrected chi connectivity index (χ1v) is 9.04. The van der Waals surface area contributed by atoms with E-state index in [9.17, 15) is 0 Å². The molecule has 0 unspecified atom stereocenters. The van der Waals surface area contributed by atoms with Gasteiger partial charge in [-0.25, -0.2) is 4.99 Å². The topological polar surface area (TPSA) is 39.7 Å². The Balaban J connectivity index is 0.00000288. The summed E-state index contributed by atoms with van der Waals surface area (Å²) in [6.07, 6.45) is 3.66. The molecule has 4 nitrogen and oxygen atoms in total. The van der Waals surface area contributed by atoms with E-state index in [2.05, 4.69) is 60.6 Å². The maximum atomic E-state index is 4.74. The number of hydrogen-bond acceptors (Lipinski definition) is 2. The third kappa shape index (κ3) is 7.38. The molecule has 1 aromatic carbocycles. The second-order valence-corrected chi connectivity index (χ2v) is 6.44. The molecule has 1 heterocycles. The highest BCUT2D eigenvalue weighted by molar-refractivity contribution is 14.0. The Hall–Kier alpha value is -0.820. The van der Waals surface area contributed by atoms with Gasteiger partial charge in [0, 0.05) is 25.7 Å². The average molecular weight is 444 g/mol. The van der Waals surface area contributed by atoms with Gasteiger partial charge in [0.05, 0.1) is 6.54 Å². The van der Waals surface area contributed by atoms with E-state index >= 15 is 0 Å². The SMILES string of the molecule is CCCN1CCC(NC(=NCc2ccc(C)cc2)NCC)CC1.I. The van der Waals surface area contributed by atoms with Gasteiger partial charge in [-0.05, 0) is 45.2 Å². The molecule has 1 aliphatic heterocycles. The standard InChI is InChI=1S/C19H32N4.HI/c1-4-12-23-13-10-18(11-14-23)22-19(20-5-2)21-15-17-8-6-16(3)7-9-17;/h6-9,18H,4-5,10-15H2,1-3H3,(H2,20,21,22);1H. The van der Waals surface area contributed by atoms with Crippen LogP contribution in [0.15, 0.2) is 29.3 Å². The summed E-state index contributed by atoms with van der Waals surface area (Å²) in [4.78, 5) is 7.31. The molecule has 1 saturated heterocycles. The van der Waals surface area contributed by atoms with Crippen molar-refractivity contribution in [2.45, 2.75) is 52.6 Å². The number of nitrogens with one attached hydrogen (secondary N) is 2. The van der Waals surface area contributed by atoms with Gasteiger partial charge in [-0.1, -0.05) is 36.8 Å². The van der Waals surface area contributed by atoms with Gasteiger partial charge in [0.15, 0.2) is 5.96 Å². The van der Waals surface area contributed by atoms with Crippen molar-refractivity contribution in [1.82, 2.24) is 15.5 Å². The number of aryl methyl sites for hydroxylation is 1. The van der Waals surface area contributed by atoms with Crippen LogP contribution in [0.2, 0.25) is 0 Å². The third-order valence-electron chi connectivity index (χ3n) is 4.35. The van der Waals surface area contributed by atoms with E-state index in [1.54, 1.807) is 0 Å². The lowest BCUT2D eigenvalue weighted by atomic mass is 10.1. The van der Waals surface area contributed by atoms with Crippen molar-refractivity contribution in [2.75, 3.05) is 26.2 Å². The van der Waals surface area contributed by atoms with E-state index in [1.165, 1.54) is 50.0 Å². The molecule has 5 heteroatoms. The van der Waals surface area contributed by atoms with E-state index in [4.69, 9.17) is 4.99 Å². The molecule has 2 N–H and O–H groups in total. The lowest BCUT2D eigenvalue weighted by Gasteiger charge is -2.32. The molecule has 1 fully saturated rings. The molecule has 0 atom stereocenters. The molecule has 0 spiro atoms. The summed E-state index contributed by atoms with van der Waals surface area (Å²) < 4.78 is 0. The fourth-order valence-electron chi connectivity index (χ4n) is 2.99. The predicted molar refractivity (Wildman–Crippen MR) is 114 cm³/mol. The maximum absolute atomic E-state index is 4.74. The quantitative estimate of drug-likeness (QED) is 0.401. The molecule has 0 amide bonds. The number of aliphatic imine (C=N–C) groups is 1. The second-order valence-electron chi connectivity index (χ2n) is 6.44. The van der Waals surface area contributed by atoms with Crippen LogP contribution in [0.4, 0.5) is 0 Å². The van der Waals surface area contributed by atoms with Crippen LogP contribution in [0.5, 0.6) is 0 Å². The molecule has 1 aromatic rings. The molecule has 0 bridgehead atoms. The number of hydrogen-bond donors (Lipinski definition) is 2. The lowest BCUT2D eigenvalue weighted by Crippen LogP contribution is -2.48. The maximum Gasteiger partial charge on any atom is 0.191 e. The Labute approximate surface area is 164 Å². The van der Waals surface area contributed by atoms with Crippen molar-refractivity contribution < 1.29 is 0 Å². The summed E-state index contributed by atoms with van der Waals surface area (Å²) in [5.74, 6) is 0.946. The van der Waals surface area contributed by atoms with E-state index < -0.39 is 0 Å². The summed E-state index contributed by atoms with van der Waals surface area (Å²) in [6.45, 7) is 11.7. The number of benzene rings is 1. The van der Waals surface area contributed by atoms with Gasteiger partial charge in [0.2, 0.25) is 0 Å². The first-order chi connectivity index (χ1) is 11.2. The largest absolute Gasteiger partial charge is 0.357 e. The van der Waals surface area contributed by atoms with Crippen LogP contribution >= 0.6 is 24.0 Å². The predicted octanol–water partition coefficient (Wildman–Crippen LogP) is 3.54. The fraction of sp³-hybridized carbons (Fsp3) is 0.632. The highest BCUT2D eigenvalue weighted by Crippen LogP contribution is 2.10. The number of nitrogens with zero attached hydrogens (tertiary/aromatic N) is 2. The molecule has 2 rings (SSSR count). The summed E-state index contributed by atoms with van der Waals surface area (Å²) in [6, 6.07) is 9.15. The molecule has 136 valence electrons. The van der Waals surface area contributed by atoms with Gasteiger partial charge in [0.1, 0.15) is 0 Å². The van der Waals surface area contributed by atoms with Gasteiger partial charge >= 0.3 is 0 Å². The van der Waals surface area contributed by atoms with Crippen molar-refractivity contribution in [3.63, 3.8) is 0 Å².